The van der Waals surface area contributed by atoms with Gasteiger partial charge in [0.1, 0.15) is 0 Å². The first kappa shape index (κ1) is 51.9. The summed E-state index contributed by atoms with van der Waals surface area (Å²) in [6.07, 6.45) is 2.42. The molecule has 14 atom stereocenters. The monoisotopic (exact) mass is 816 g/mol. The standard InChI is InChI=1S/2C18H36O6P.Ni/c2*1-7-13(3)17-11-20-9-15(5)21-10-16(6)22-12-18(14(4)8-2)24-25(19)23-17;/h2*13-18H,7-12H2,1-6H3;/q2*-1;+2. The Kier molecular flexibility index (Phi) is 30.6. The van der Waals surface area contributed by atoms with Crippen LogP contribution in [0.4, 0.5) is 0 Å². The fraction of sp³-hybridized carbons (Fsp3) is 1.00. The minimum Gasteiger partial charge on any atom is -0.786 e. The summed E-state index contributed by atoms with van der Waals surface area (Å²) in [5, 5.41) is 0. The quantitative estimate of drug-likeness (QED) is 0.194. The second-order valence-electron chi connectivity index (χ2n) is 14.2. The third kappa shape index (κ3) is 22.9. The van der Waals surface area contributed by atoms with Gasteiger partial charge < -0.3 is 56.3 Å². The maximum Gasteiger partial charge on any atom is 2.00 e. The van der Waals surface area contributed by atoms with Crippen LogP contribution < -0.4 is 9.79 Å². The van der Waals surface area contributed by atoms with Crippen LogP contribution in [0.15, 0.2) is 0 Å². The molecule has 0 spiro atoms. The Morgan fingerprint density at radius 1 is 0.431 bits per heavy atom. The topological polar surface area (TPSA) is 138 Å². The summed E-state index contributed by atoms with van der Waals surface area (Å²) in [7, 11) is -4.44. The van der Waals surface area contributed by atoms with Gasteiger partial charge in [0.25, 0.3) is 0 Å². The van der Waals surface area contributed by atoms with E-state index in [1.54, 1.807) is 0 Å². The molecule has 0 aromatic heterocycles. The molecule has 2 saturated heterocycles. The molecule has 0 aliphatic carbocycles. The van der Waals surface area contributed by atoms with Crippen molar-refractivity contribution in [3.63, 3.8) is 0 Å². The average Bonchev–Trinajstić information content (AvgIpc) is 3.10. The van der Waals surface area contributed by atoms with Gasteiger partial charge in [-0.15, -0.1) is 0 Å². The fourth-order valence-corrected chi connectivity index (χ4v) is 6.81. The molecule has 0 amide bonds. The Balaban J connectivity index is 0.000000962. The van der Waals surface area contributed by atoms with Gasteiger partial charge >= 0.3 is 16.5 Å². The van der Waals surface area contributed by atoms with Crippen LogP contribution in [0, 0.1) is 23.7 Å². The van der Waals surface area contributed by atoms with E-state index in [9.17, 15) is 9.79 Å². The first-order valence-electron chi connectivity index (χ1n) is 19.0. The van der Waals surface area contributed by atoms with Crippen molar-refractivity contribution in [2.75, 3.05) is 52.9 Å². The van der Waals surface area contributed by atoms with Gasteiger partial charge in [0.15, 0.2) is 0 Å². The Labute approximate surface area is 323 Å². The van der Waals surface area contributed by atoms with Crippen LogP contribution >= 0.6 is 17.2 Å². The molecule has 12 nitrogen and oxygen atoms in total. The summed E-state index contributed by atoms with van der Waals surface area (Å²) in [5.41, 5.74) is 0. The molecular weight excluding hydrogens is 745 g/mol. The first-order chi connectivity index (χ1) is 23.7. The Morgan fingerprint density at radius 2 is 0.667 bits per heavy atom. The largest absolute Gasteiger partial charge is 2.00 e. The summed E-state index contributed by atoms with van der Waals surface area (Å²) in [5.74, 6) is 0.900. The molecule has 308 valence electrons. The van der Waals surface area contributed by atoms with E-state index in [2.05, 4.69) is 55.4 Å². The zero-order chi connectivity index (χ0) is 37.6. The van der Waals surface area contributed by atoms with E-state index in [0.29, 0.717) is 52.9 Å². The predicted octanol–water partition coefficient (Wildman–Crippen LogP) is 6.55. The predicted molar refractivity (Wildman–Crippen MR) is 194 cm³/mol. The van der Waals surface area contributed by atoms with E-state index in [0.717, 1.165) is 25.7 Å². The molecule has 2 fully saturated rings. The van der Waals surface area contributed by atoms with E-state index in [-0.39, 0.29) is 89.0 Å². The van der Waals surface area contributed by atoms with Crippen LogP contribution in [0.3, 0.4) is 0 Å². The van der Waals surface area contributed by atoms with Crippen molar-refractivity contribution in [1.29, 1.82) is 0 Å². The van der Waals surface area contributed by atoms with Gasteiger partial charge in [-0.3, -0.25) is 0 Å². The summed E-state index contributed by atoms with van der Waals surface area (Å²) in [6.45, 7) is 27.9. The Morgan fingerprint density at radius 3 is 0.941 bits per heavy atom. The summed E-state index contributed by atoms with van der Waals surface area (Å²) >= 11 is 0. The van der Waals surface area contributed by atoms with Crippen LogP contribution in [0.1, 0.15) is 109 Å². The zero-order valence-electron chi connectivity index (χ0n) is 33.5. The SMILES string of the molecule is CCC(C)C1COCC(C)OCC(C)OCC(C(C)CC)OP([O-])O1.CCC(C)C1COCC(C)OCC(C)OCC(C(C)CC)OP([O-])O1.[Ni+2]. The van der Waals surface area contributed by atoms with Crippen LogP contribution in [0.5, 0.6) is 0 Å². The zero-order valence-corrected chi connectivity index (χ0v) is 36.3. The molecule has 15 heteroatoms. The van der Waals surface area contributed by atoms with Crippen molar-refractivity contribution in [3.8, 4) is 0 Å². The second-order valence-corrected chi connectivity index (χ2v) is 16.0. The summed E-state index contributed by atoms with van der Waals surface area (Å²) in [4.78, 5) is 24.9. The molecule has 2 aliphatic heterocycles. The van der Waals surface area contributed by atoms with E-state index in [4.69, 9.17) is 46.5 Å². The van der Waals surface area contributed by atoms with Crippen LogP contribution in [0.25, 0.3) is 0 Å². The normalized spacial score (nSPS) is 35.6. The third-order valence-electron chi connectivity index (χ3n) is 9.59. The maximum absolute atomic E-state index is 12.4. The number of hydrogen-bond acceptors (Lipinski definition) is 12. The van der Waals surface area contributed by atoms with Crippen LogP contribution in [-0.2, 0) is 63.0 Å². The van der Waals surface area contributed by atoms with E-state index in [1.165, 1.54) is 0 Å². The van der Waals surface area contributed by atoms with E-state index >= 15 is 0 Å². The van der Waals surface area contributed by atoms with E-state index < -0.39 is 17.2 Å². The fourth-order valence-electron chi connectivity index (χ4n) is 4.75. The number of rotatable bonds is 8. The molecule has 0 radical (unpaired) electrons. The average molecular weight is 818 g/mol. The smallest absolute Gasteiger partial charge is 0.786 e. The summed E-state index contributed by atoms with van der Waals surface area (Å²) < 4.78 is 57.5. The van der Waals surface area contributed by atoms with E-state index in [1.807, 2.05) is 27.7 Å². The van der Waals surface area contributed by atoms with Crippen molar-refractivity contribution in [1.82, 2.24) is 0 Å². The molecule has 0 aromatic rings. The van der Waals surface area contributed by atoms with Gasteiger partial charge in [-0.25, -0.2) is 0 Å². The van der Waals surface area contributed by atoms with Gasteiger partial charge in [-0.2, -0.15) is 0 Å². The minimum absolute atomic E-state index is 0. The van der Waals surface area contributed by atoms with Crippen LogP contribution in [0.2, 0.25) is 0 Å². The minimum atomic E-state index is -2.22. The number of hydrogen-bond donors (Lipinski definition) is 0. The molecule has 0 N–H and O–H groups in total. The first-order valence-corrected chi connectivity index (χ1v) is 21.2. The molecule has 2 rings (SSSR count). The van der Waals surface area contributed by atoms with Gasteiger partial charge in [0, 0.05) is 0 Å². The molecule has 2 heterocycles. The molecule has 0 saturated carbocycles. The molecule has 51 heavy (non-hydrogen) atoms. The Bertz CT molecular complexity index is 762. The second kappa shape index (κ2) is 30.1. The van der Waals surface area contributed by atoms with Crippen molar-refractivity contribution in [2.24, 2.45) is 23.7 Å². The van der Waals surface area contributed by atoms with Crippen molar-refractivity contribution < 1.29 is 72.8 Å². The number of ether oxygens (including phenoxy) is 6. The Hall–Kier alpha value is 0.874. The summed E-state index contributed by atoms with van der Waals surface area (Å²) in [6, 6.07) is 0. The van der Waals surface area contributed by atoms with Crippen molar-refractivity contribution >= 4 is 17.2 Å². The van der Waals surface area contributed by atoms with Crippen LogP contribution in [-0.4, -0.2) is 102 Å². The van der Waals surface area contributed by atoms with Gasteiger partial charge in [0.05, 0.1) is 119 Å². The molecule has 14 unspecified atom stereocenters. The molecule has 0 aromatic carbocycles. The van der Waals surface area contributed by atoms with Crippen molar-refractivity contribution in [3.05, 3.63) is 0 Å². The maximum atomic E-state index is 12.4. The molecule has 0 bridgehead atoms. The van der Waals surface area contributed by atoms with Gasteiger partial charge in [-0.05, 0) is 51.4 Å². The molecule has 2 aliphatic rings. The van der Waals surface area contributed by atoms with Gasteiger partial charge in [-0.1, -0.05) is 81.1 Å². The van der Waals surface area contributed by atoms with Crippen molar-refractivity contribution in [2.45, 2.75) is 158 Å². The van der Waals surface area contributed by atoms with Gasteiger partial charge in [0.2, 0.25) is 0 Å². The molecular formula is C36H72NiO12P2. The third-order valence-corrected chi connectivity index (χ3v) is 11.4.